The first-order valence-corrected chi connectivity index (χ1v) is 12.5. The van der Waals surface area contributed by atoms with Gasteiger partial charge in [-0.05, 0) is 55.6 Å². The topological polar surface area (TPSA) is 69.7 Å². The fourth-order valence-corrected chi connectivity index (χ4v) is 5.24. The normalized spacial score (nSPS) is 15.6. The summed E-state index contributed by atoms with van der Waals surface area (Å²) in [6.07, 6.45) is 3.60. The van der Waals surface area contributed by atoms with Crippen LogP contribution in [0.1, 0.15) is 37.3 Å². The minimum atomic E-state index is -3.88. The summed E-state index contributed by atoms with van der Waals surface area (Å²) < 4.78 is 40.2. The van der Waals surface area contributed by atoms with Crippen molar-refractivity contribution in [2.75, 3.05) is 23.7 Å². The van der Waals surface area contributed by atoms with Crippen molar-refractivity contribution in [2.45, 2.75) is 45.3 Å². The van der Waals surface area contributed by atoms with Crippen molar-refractivity contribution >= 4 is 21.6 Å². The molecule has 0 aliphatic carbocycles. The quantitative estimate of drug-likeness (QED) is 0.641. The molecule has 1 atom stereocenters. The molecule has 2 aromatic rings. The first-order valence-electron chi connectivity index (χ1n) is 10.6. The van der Waals surface area contributed by atoms with E-state index < -0.39 is 27.8 Å². The van der Waals surface area contributed by atoms with Gasteiger partial charge in [0.05, 0.1) is 11.9 Å². The van der Waals surface area contributed by atoms with Crippen molar-refractivity contribution in [1.82, 2.24) is 10.2 Å². The number of benzene rings is 2. The molecule has 0 bridgehead atoms. The van der Waals surface area contributed by atoms with E-state index in [2.05, 4.69) is 16.3 Å². The number of hydrogen-bond acceptors (Lipinski definition) is 4. The molecular weight excluding hydrogens is 417 g/mol. The largest absolute Gasteiger partial charge is 0.350 e. The molecule has 2 aromatic carbocycles. The Hall–Kier alpha value is -2.45. The zero-order chi connectivity index (χ0) is 22.4. The highest BCUT2D eigenvalue weighted by Gasteiger charge is 2.33. The van der Waals surface area contributed by atoms with Gasteiger partial charge in [0.1, 0.15) is 11.9 Å². The van der Waals surface area contributed by atoms with E-state index >= 15 is 0 Å². The molecule has 8 heteroatoms. The summed E-state index contributed by atoms with van der Waals surface area (Å²) in [5, 5.41) is 2.87. The van der Waals surface area contributed by atoms with Crippen LogP contribution >= 0.6 is 0 Å². The molecule has 3 rings (SSSR count). The molecule has 1 heterocycles. The van der Waals surface area contributed by atoms with Gasteiger partial charge >= 0.3 is 0 Å². The van der Waals surface area contributed by atoms with Crippen LogP contribution in [0.15, 0.2) is 48.5 Å². The zero-order valence-electron chi connectivity index (χ0n) is 18.1. The first-order chi connectivity index (χ1) is 14.8. The fourth-order valence-electron chi connectivity index (χ4n) is 4.03. The van der Waals surface area contributed by atoms with Crippen LogP contribution in [0.2, 0.25) is 0 Å². The van der Waals surface area contributed by atoms with Crippen LogP contribution in [-0.2, 0) is 27.9 Å². The highest BCUT2D eigenvalue weighted by molar-refractivity contribution is 7.92. The lowest BCUT2D eigenvalue weighted by Gasteiger charge is -2.30. The number of carbonyl (C=O) groups excluding carboxylic acids is 1. The van der Waals surface area contributed by atoms with Gasteiger partial charge < -0.3 is 5.32 Å². The van der Waals surface area contributed by atoms with Gasteiger partial charge in [0.15, 0.2) is 0 Å². The second-order valence-electron chi connectivity index (χ2n) is 7.90. The highest BCUT2D eigenvalue weighted by Crippen LogP contribution is 2.25. The van der Waals surface area contributed by atoms with Crippen molar-refractivity contribution in [1.29, 1.82) is 0 Å². The maximum atomic E-state index is 14.4. The Balaban J connectivity index is 1.77. The molecular formula is C23H30FN3O3S. The molecule has 0 radical (unpaired) electrons. The maximum absolute atomic E-state index is 14.4. The molecule has 1 amide bonds. The molecule has 168 valence electrons. The van der Waals surface area contributed by atoms with Gasteiger partial charge in [-0.2, -0.15) is 0 Å². The SMILES string of the molecule is CC[C@H](C(=O)NCc1ccccc1CN1CCCC1)N(c1ccccc1F)S(C)(=O)=O. The smallest absolute Gasteiger partial charge is 0.244 e. The molecule has 6 nitrogen and oxygen atoms in total. The molecule has 1 aliphatic heterocycles. The van der Waals surface area contributed by atoms with Crippen molar-refractivity contribution in [3.05, 3.63) is 65.5 Å². The van der Waals surface area contributed by atoms with Gasteiger partial charge in [-0.25, -0.2) is 12.8 Å². The van der Waals surface area contributed by atoms with E-state index in [4.69, 9.17) is 0 Å². The van der Waals surface area contributed by atoms with Gasteiger partial charge in [0.2, 0.25) is 15.9 Å². The number of nitrogens with one attached hydrogen (secondary N) is 1. The average Bonchev–Trinajstić information content (AvgIpc) is 3.24. The lowest BCUT2D eigenvalue weighted by atomic mass is 10.1. The molecule has 0 spiro atoms. The molecule has 0 aromatic heterocycles. The minimum absolute atomic E-state index is 0.124. The Bertz CT molecular complexity index is 1010. The number of amides is 1. The number of carbonyl (C=O) groups is 1. The summed E-state index contributed by atoms with van der Waals surface area (Å²) in [6, 6.07) is 12.5. The first kappa shape index (κ1) is 23.2. The highest BCUT2D eigenvalue weighted by atomic mass is 32.2. The number of halogens is 1. The third kappa shape index (κ3) is 5.83. The van der Waals surface area contributed by atoms with Crippen molar-refractivity contribution in [3.8, 4) is 0 Å². The van der Waals surface area contributed by atoms with Crippen LogP contribution in [-0.4, -0.2) is 44.6 Å². The number of nitrogens with zero attached hydrogens (tertiary/aromatic N) is 2. The molecule has 1 saturated heterocycles. The Morgan fingerprint density at radius 1 is 1.10 bits per heavy atom. The maximum Gasteiger partial charge on any atom is 0.244 e. The number of likely N-dealkylation sites (tertiary alicyclic amines) is 1. The van der Waals surface area contributed by atoms with E-state index in [9.17, 15) is 17.6 Å². The number of para-hydroxylation sites is 1. The summed E-state index contributed by atoms with van der Waals surface area (Å²) >= 11 is 0. The lowest BCUT2D eigenvalue weighted by molar-refractivity contribution is -0.122. The van der Waals surface area contributed by atoms with Crippen LogP contribution in [0.4, 0.5) is 10.1 Å². The predicted octanol–water partition coefficient (Wildman–Crippen LogP) is 3.28. The monoisotopic (exact) mass is 447 g/mol. The summed E-state index contributed by atoms with van der Waals surface area (Å²) in [5.74, 6) is -1.14. The lowest BCUT2D eigenvalue weighted by Crippen LogP contribution is -2.49. The van der Waals surface area contributed by atoms with Gasteiger partial charge in [-0.1, -0.05) is 43.3 Å². The molecule has 0 unspecified atom stereocenters. The van der Waals surface area contributed by atoms with Crippen molar-refractivity contribution < 1.29 is 17.6 Å². The van der Waals surface area contributed by atoms with Crippen LogP contribution in [0.25, 0.3) is 0 Å². The number of hydrogen-bond donors (Lipinski definition) is 1. The van der Waals surface area contributed by atoms with E-state index in [-0.39, 0.29) is 18.7 Å². The number of rotatable bonds is 9. The molecule has 31 heavy (non-hydrogen) atoms. The van der Waals surface area contributed by atoms with Gasteiger partial charge in [-0.3, -0.25) is 14.0 Å². The van der Waals surface area contributed by atoms with Gasteiger partial charge in [-0.15, -0.1) is 0 Å². The predicted molar refractivity (Wildman–Crippen MR) is 121 cm³/mol. The second-order valence-corrected chi connectivity index (χ2v) is 9.76. The van der Waals surface area contributed by atoms with E-state index in [0.29, 0.717) is 0 Å². The Labute approximate surface area is 184 Å². The molecule has 1 aliphatic rings. The molecule has 1 fully saturated rings. The Morgan fingerprint density at radius 2 is 1.71 bits per heavy atom. The average molecular weight is 448 g/mol. The van der Waals surface area contributed by atoms with Crippen LogP contribution in [0.3, 0.4) is 0 Å². The van der Waals surface area contributed by atoms with Crippen LogP contribution in [0.5, 0.6) is 0 Å². The van der Waals surface area contributed by atoms with Crippen molar-refractivity contribution in [3.63, 3.8) is 0 Å². The van der Waals surface area contributed by atoms with E-state index in [1.165, 1.54) is 31.0 Å². The molecule has 0 saturated carbocycles. The third-order valence-corrected chi connectivity index (χ3v) is 6.75. The summed E-state index contributed by atoms with van der Waals surface area (Å²) in [5.41, 5.74) is 2.02. The van der Waals surface area contributed by atoms with E-state index in [1.807, 2.05) is 18.2 Å². The Morgan fingerprint density at radius 3 is 2.32 bits per heavy atom. The number of anilines is 1. The Kier molecular flexibility index (Phi) is 7.67. The van der Waals surface area contributed by atoms with E-state index in [1.54, 1.807) is 13.0 Å². The fraction of sp³-hybridized carbons (Fsp3) is 0.435. The molecule has 1 N–H and O–H groups in total. The zero-order valence-corrected chi connectivity index (χ0v) is 18.9. The van der Waals surface area contributed by atoms with Gasteiger partial charge in [0.25, 0.3) is 0 Å². The van der Waals surface area contributed by atoms with E-state index in [0.717, 1.165) is 41.3 Å². The minimum Gasteiger partial charge on any atom is -0.350 e. The van der Waals surface area contributed by atoms with Crippen LogP contribution < -0.4 is 9.62 Å². The number of sulfonamides is 1. The second kappa shape index (κ2) is 10.2. The third-order valence-electron chi connectivity index (χ3n) is 5.58. The standard InChI is InChI=1S/C23H30FN3O3S/c1-3-21(27(31(2,29)30)22-13-7-6-12-20(22)24)23(28)25-16-18-10-4-5-11-19(18)17-26-14-8-9-15-26/h4-7,10-13,21H,3,8-9,14-17H2,1-2H3,(H,25,28)/t21-/m1/s1. The summed E-state index contributed by atoms with van der Waals surface area (Å²) in [7, 11) is -3.88. The summed E-state index contributed by atoms with van der Waals surface area (Å²) in [4.78, 5) is 15.4. The van der Waals surface area contributed by atoms with Crippen LogP contribution in [0, 0.1) is 5.82 Å². The summed E-state index contributed by atoms with van der Waals surface area (Å²) in [6.45, 7) is 4.97. The van der Waals surface area contributed by atoms with Crippen molar-refractivity contribution in [2.24, 2.45) is 0 Å². The van der Waals surface area contributed by atoms with Gasteiger partial charge in [0, 0.05) is 13.1 Å².